The van der Waals surface area contributed by atoms with Crippen LogP contribution in [0, 0.1) is 0 Å². The summed E-state index contributed by atoms with van der Waals surface area (Å²) in [6, 6.07) is 0. The van der Waals surface area contributed by atoms with Crippen LogP contribution in [-0.4, -0.2) is 0 Å². The van der Waals surface area contributed by atoms with Gasteiger partial charge in [0.25, 0.3) is 0 Å². The Kier molecular flexibility index (Phi) is 6.81. The predicted octanol–water partition coefficient (Wildman–Crippen LogP) is 13.0. The molecule has 0 saturated heterocycles. The molecule has 0 aliphatic rings. The first-order chi connectivity index (χ1) is 13.9. The Morgan fingerprint density at radius 1 is 0.167 bits per heavy atom. The number of halogens is 12. The van der Waals surface area contributed by atoms with E-state index in [9.17, 15) is 0 Å². The van der Waals surface area contributed by atoms with Crippen molar-refractivity contribution in [3.63, 3.8) is 0 Å². The van der Waals surface area contributed by atoms with Crippen LogP contribution in [0.3, 0.4) is 0 Å². The van der Waals surface area contributed by atoms with Crippen LogP contribution in [-0.2, 0) is 0 Å². The molecule has 0 aliphatic heterocycles. The summed E-state index contributed by atoms with van der Waals surface area (Å²) in [4.78, 5) is 0. The first-order valence-electron chi connectivity index (χ1n) is 7.52. The number of rotatable bonds is 0. The molecule has 4 rings (SSSR count). The molecular formula is C18Cl12. The lowest BCUT2D eigenvalue weighted by atomic mass is 9.98. The highest BCUT2D eigenvalue weighted by atomic mass is 35.5. The number of benzene rings is 4. The maximum Gasteiger partial charge on any atom is 0.0800 e. The third kappa shape index (κ3) is 3.18. The van der Waals surface area contributed by atoms with Gasteiger partial charge in [0, 0.05) is 32.3 Å². The van der Waals surface area contributed by atoms with Gasteiger partial charge in [0.15, 0.2) is 0 Å². The van der Waals surface area contributed by atoms with Gasteiger partial charge in [-0.1, -0.05) is 139 Å². The Hall–Kier alpha value is 1.14. The minimum atomic E-state index is 0.00654. The molecule has 4 aromatic rings. The van der Waals surface area contributed by atoms with E-state index in [1.807, 2.05) is 0 Å². The SMILES string of the molecule is Clc1c(Cl)c(Cl)c2c(Cl)c3c(Cl)c4c(Cl)c(Cl)c(Cl)c(Cl)c4c(Cl)c3c(Cl)c2c1Cl. The van der Waals surface area contributed by atoms with Crippen molar-refractivity contribution in [1.82, 2.24) is 0 Å². The predicted molar refractivity (Wildman–Crippen MR) is 139 cm³/mol. The molecule has 0 atom stereocenters. The normalized spacial score (nSPS) is 12.0. The van der Waals surface area contributed by atoms with Crippen molar-refractivity contribution in [2.24, 2.45) is 0 Å². The van der Waals surface area contributed by atoms with E-state index in [0.717, 1.165) is 0 Å². The second kappa shape index (κ2) is 8.42. The van der Waals surface area contributed by atoms with Gasteiger partial charge in [-0.3, -0.25) is 0 Å². The zero-order valence-electron chi connectivity index (χ0n) is 13.5. The van der Waals surface area contributed by atoms with Crippen molar-refractivity contribution in [3.8, 4) is 0 Å². The van der Waals surface area contributed by atoms with Gasteiger partial charge < -0.3 is 0 Å². The third-order valence-corrected chi connectivity index (χ3v) is 9.66. The molecule has 0 saturated carbocycles. The molecule has 12 heteroatoms. The van der Waals surface area contributed by atoms with Crippen LogP contribution < -0.4 is 0 Å². The molecule has 0 aliphatic carbocycles. The standard InChI is InChI=1S/C18Cl12/c19-7-1-2(9(21)5-3(7)11(23)15(27)17(29)13(5)25)10(22)6-4(8(1)20)12(24)16(28)18(30)14(6)26. The van der Waals surface area contributed by atoms with E-state index in [0.29, 0.717) is 0 Å². The molecule has 0 heterocycles. The molecule has 0 radical (unpaired) electrons. The summed E-state index contributed by atoms with van der Waals surface area (Å²) in [5.74, 6) is 0. The topological polar surface area (TPSA) is 0 Å². The zero-order valence-corrected chi connectivity index (χ0v) is 22.6. The van der Waals surface area contributed by atoms with Crippen LogP contribution in [0.2, 0.25) is 60.3 Å². The molecule has 0 nitrogen and oxygen atoms in total. The summed E-state index contributed by atoms with van der Waals surface area (Å²) in [6.45, 7) is 0. The van der Waals surface area contributed by atoms with Gasteiger partial charge in [0.05, 0.1) is 60.3 Å². The summed E-state index contributed by atoms with van der Waals surface area (Å²) in [7, 11) is 0. The van der Waals surface area contributed by atoms with Crippen molar-refractivity contribution in [2.75, 3.05) is 0 Å². The van der Waals surface area contributed by atoms with Crippen LogP contribution >= 0.6 is 139 Å². The van der Waals surface area contributed by atoms with Gasteiger partial charge in [-0.05, 0) is 0 Å². The van der Waals surface area contributed by atoms with E-state index in [4.69, 9.17) is 139 Å². The summed E-state index contributed by atoms with van der Waals surface area (Å²) in [5.41, 5.74) is 0. The Labute approximate surface area is 229 Å². The minimum absolute atomic E-state index is 0.00654. The lowest BCUT2D eigenvalue weighted by Gasteiger charge is -2.19. The van der Waals surface area contributed by atoms with Crippen LogP contribution in [0.5, 0.6) is 0 Å². The van der Waals surface area contributed by atoms with Gasteiger partial charge in [-0.15, -0.1) is 0 Å². The van der Waals surface area contributed by atoms with Crippen molar-refractivity contribution in [1.29, 1.82) is 0 Å². The molecule has 4 aromatic carbocycles. The molecule has 0 fully saturated rings. The highest BCUT2D eigenvalue weighted by Crippen LogP contribution is 2.57. The van der Waals surface area contributed by atoms with Crippen LogP contribution in [0.4, 0.5) is 0 Å². The molecule has 0 aromatic heterocycles. The first-order valence-corrected chi connectivity index (χ1v) is 12.1. The summed E-state index contributed by atoms with van der Waals surface area (Å²) in [6.07, 6.45) is 0. The summed E-state index contributed by atoms with van der Waals surface area (Å²) < 4.78 is 0. The van der Waals surface area contributed by atoms with Crippen molar-refractivity contribution >= 4 is 172 Å². The lowest BCUT2D eigenvalue weighted by Crippen LogP contribution is -1.92. The molecule has 156 valence electrons. The summed E-state index contributed by atoms with van der Waals surface area (Å²) >= 11 is 77.3. The zero-order chi connectivity index (χ0) is 22.4. The summed E-state index contributed by atoms with van der Waals surface area (Å²) in [5, 5.41) is 2.02. The van der Waals surface area contributed by atoms with Crippen molar-refractivity contribution in [2.45, 2.75) is 0 Å². The first kappa shape index (κ1) is 24.3. The van der Waals surface area contributed by atoms with E-state index in [1.54, 1.807) is 0 Å². The van der Waals surface area contributed by atoms with E-state index in [2.05, 4.69) is 0 Å². The third-order valence-electron chi connectivity index (χ3n) is 4.54. The molecule has 0 spiro atoms. The number of hydrogen-bond acceptors (Lipinski definition) is 0. The van der Waals surface area contributed by atoms with Crippen LogP contribution in [0.1, 0.15) is 0 Å². The highest BCUT2D eigenvalue weighted by Gasteiger charge is 2.29. The average molecular weight is 642 g/mol. The molecule has 0 unspecified atom stereocenters. The van der Waals surface area contributed by atoms with Gasteiger partial charge in [0.1, 0.15) is 0 Å². The second-order valence-corrected chi connectivity index (χ2v) is 10.6. The highest BCUT2D eigenvalue weighted by molar-refractivity contribution is 6.64. The Morgan fingerprint density at radius 2 is 0.300 bits per heavy atom. The lowest BCUT2D eigenvalue weighted by molar-refractivity contribution is 1.75. The van der Waals surface area contributed by atoms with E-state index in [-0.39, 0.29) is 92.6 Å². The number of hydrogen-bond donors (Lipinski definition) is 0. The van der Waals surface area contributed by atoms with E-state index >= 15 is 0 Å². The smallest absolute Gasteiger partial charge is 0.0800 e. The van der Waals surface area contributed by atoms with Gasteiger partial charge in [-0.2, -0.15) is 0 Å². The molecule has 0 N–H and O–H groups in total. The second-order valence-electron chi connectivity index (χ2n) is 6.02. The Bertz CT molecular complexity index is 1240. The fourth-order valence-electron chi connectivity index (χ4n) is 3.22. The molecular weight excluding hydrogens is 642 g/mol. The van der Waals surface area contributed by atoms with Crippen molar-refractivity contribution < 1.29 is 0 Å². The maximum atomic E-state index is 6.71. The molecule has 0 amide bonds. The van der Waals surface area contributed by atoms with Crippen molar-refractivity contribution in [3.05, 3.63) is 60.3 Å². The van der Waals surface area contributed by atoms with E-state index < -0.39 is 0 Å². The molecule has 0 bridgehead atoms. The van der Waals surface area contributed by atoms with E-state index in [1.165, 1.54) is 0 Å². The van der Waals surface area contributed by atoms with Gasteiger partial charge in [-0.25, -0.2) is 0 Å². The minimum Gasteiger partial charge on any atom is -0.0829 e. The fraction of sp³-hybridized carbons (Fsp3) is 0. The average Bonchev–Trinajstić information content (AvgIpc) is 2.70. The quantitative estimate of drug-likeness (QED) is 0.102. The number of fused-ring (bicyclic) bond motifs is 3. The largest absolute Gasteiger partial charge is 0.0829 e. The molecule has 30 heavy (non-hydrogen) atoms. The monoisotopic (exact) mass is 636 g/mol. The van der Waals surface area contributed by atoms with Crippen LogP contribution in [0.25, 0.3) is 32.3 Å². The van der Waals surface area contributed by atoms with Gasteiger partial charge in [0.2, 0.25) is 0 Å². The van der Waals surface area contributed by atoms with Gasteiger partial charge >= 0.3 is 0 Å². The Balaban J connectivity index is 2.49. The van der Waals surface area contributed by atoms with Crippen LogP contribution in [0.15, 0.2) is 0 Å². The Morgan fingerprint density at radius 3 is 0.467 bits per heavy atom. The maximum absolute atomic E-state index is 6.71. The fourth-order valence-corrected chi connectivity index (χ4v) is 7.10.